The number of imide groups is 1. The van der Waals surface area contributed by atoms with Crippen LogP contribution < -0.4 is 15.5 Å². The molecule has 2 aliphatic heterocycles. The predicted octanol–water partition coefficient (Wildman–Crippen LogP) is 2.30. The van der Waals surface area contributed by atoms with Gasteiger partial charge in [0, 0.05) is 25.2 Å². The lowest BCUT2D eigenvalue weighted by Crippen LogP contribution is -2.47. The third-order valence-electron chi connectivity index (χ3n) is 5.22. The average Bonchev–Trinajstić information content (AvgIpc) is 2.59. The molecule has 2 heterocycles. The standard InChI is InChI=1S/C18H24ClN3O3/c1-2-18(25)7-9-22(10-8-18)15-5-3-12(11-13(15)19)20-14-4-6-16(23)21-17(14)24/h3,5,11,14,20,25H,2,4,6-10H2,1H3,(H,21,23,24). The zero-order valence-electron chi connectivity index (χ0n) is 14.3. The molecule has 25 heavy (non-hydrogen) atoms. The summed E-state index contributed by atoms with van der Waals surface area (Å²) in [6.07, 6.45) is 3.05. The van der Waals surface area contributed by atoms with Crippen molar-refractivity contribution in [1.29, 1.82) is 0 Å². The van der Waals surface area contributed by atoms with Crippen molar-refractivity contribution < 1.29 is 14.7 Å². The van der Waals surface area contributed by atoms with Gasteiger partial charge < -0.3 is 15.3 Å². The fraction of sp³-hybridized carbons (Fsp3) is 0.556. The number of halogens is 1. The predicted molar refractivity (Wildman–Crippen MR) is 97.9 cm³/mol. The number of aliphatic hydroxyl groups is 1. The Morgan fingerprint density at radius 2 is 2.08 bits per heavy atom. The molecule has 0 saturated carbocycles. The van der Waals surface area contributed by atoms with Crippen molar-refractivity contribution in [1.82, 2.24) is 5.32 Å². The summed E-state index contributed by atoms with van der Waals surface area (Å²) in [5.41, 5.74) is 1.13. The lowest BCUT2D eigenvalue weighted by molar-refractivity contribution is -0.133. The summed E-state index contributed by atoms with van der Waals surface area (Å²) in [7, 11) is 0. The first-order valence-corrected chi connectivity index (χ1v) is 9.15. The van der Waals surface area contributed by atoms with Gasteiger partial charge in [-0.15, -0.1) is 0 Å². The third-order valence-corrected chi connectivity index (χ3v) is 5.52. The van der Waals surface area contributed by atoms with E-state index in [1.165, 1.54) is 0 Å². The van der Waals surface area contributed by atoms with Gasteiger partial charge in [-0.25, -0.2) is 0 Å². The highest BCUT2D eigenvalue weighted by Crippen LogP contribution is 2.34. The van der Waals surface area contributed by atoms with Gasteiger partial charge in [-0.05, 0) is 43.9 Å². The highest BCUT2D eigenvalue weighted by molar-refractivity contribution is 6.33. The van der Waals surface area contributed by atoms with Crippen molar-refractivity contribution in [3.05, 3.63) is 23.2 Å². The molecule has 2 fully saturated rings. The number of nitrogens with zero attached hydrogens (tertiary/aromatic N) is 1. The molecule has 1 aromatic carbocycles. The fourth-order valence-electron chi connectivity index (χ4n) is 3.40. The topological polar surface area (TPSA) is 81.7 Å². The molecule has 1 aromatic rings. The molecule has 0 aromatic heterocycles. The van der Waals surface area contributed by atoms with Gasteiger partial charge in [-0.1, -0.05) is 18.5 Å². The van der Waals surface area contributed by atoms with Crippen LogP contribution in [0.5, 0.6) is 0 Å². The molecule has 136 valence electrons. The van der Waals surface area contributed by atoms with Crippen LogP contribution in [0.1, 0.15) is 39.0 Å². The average molecular weight is 366 g/mol. The van der Waals surface area contributed by atoms with Crippen molar-refractivity contribution in [2.24, 2.45) is 0 Å². The molecule has 6 nitrogen and oxygen atoms in total. The van der Waals surface area contributed by atoms with E-state index in [1.807, 2.05) is 19.1 Å². The molecule has 1 atom stereocenters. The molecule has 0 radical (unpaired) electrons. The Kier molecular flexibility index (Phi) is 5.20. The van der Waals surface area contributed by atoms with Crippen LogP contribution in [-0.2, 0) is 9.59 Å². The van der Waals surface area contributed by atoms with E-state index in [0.717, 1.165) is 43.7 Å². The van der Waals surface area contributed by atoms with E-state index < -0.39 is 11.6 Å². The molecule has 3 N–H and O–H groups in total. The van der Waals surface area contributed by atoms with Gasteiger partial charge in [0.2, 0.25) is 11.8 Å². The first kappa shape index (κ1) is 18.0. The number of amides is 2. The summed E-state index contributed by atoms with van der Waals surface area (Å²) in [6, 6.07) is 5.22. The largest absolute Gasteiger partial charge is 0.390 e. The molecule has 0 bridgehead atoms. The Morgan fingerprint density at radius 3 is 2.68 bits per heavy atom. The van der Waals surface area contributed by atoms with E-state index in [1.54, 1.807) is 6.07 Å². The summed E-state index contributed by atoms with van der Waals surface area (Å²) in [6.45, 7) is 3.55. The minimum atomic E-state index is -0.559. The van der Waals surface area contributed by atoms with Crippen LogP contribution in [0.25, 0.3) is 0 Å². The Labute approximate surface area is 152 Å². The number of nitrogens with one attached hydrogen (secondary N) is 2. The van der Waals surface area contributed by atoms with Crippen LogP contribution in [0, 0.1) is 0 Å². The third kappa shape index (κ3) is 4.07. The van der Waals surface area contributed by atoms with Gasteiger partial charge in [0.15, 0.2) is 0 Å². The van der Waals surface area contributed by atoms with Gasteiger partial charge in [-0.3, -0.25) is 14.9 Å². The molecule has 1 unspecified atom stereocenters. The van der Waals surface area contributed by atoms with Crippen LogP contribution in [0.2, 0.25) is 5.02 Å². The zero-order chi connectivity index (χ0) is 18.0. The molecule has 0 spiro atoms. The van der Waals surface area contributed by atoms with Gasteiger partial charge in [0.05, 0.1) is 16.3 Å². The van der Waals surface area contributed by atoms with E-state index >= 15 is 0 Å². The second kappa shape index (κ2) is 7.22. The normalized spacial score (nSPS) is 23.3. The molecule has 3 rings (SSSR count). The van der Waals surface area contributed by atoms with Crippen molar-refractivity contribution in [3.8, 4) is 0 Å². The molecule has 0 aliphatic carbocycles. The number of carbonyl (C=O) groups excluding carboxylic acids is 2. The zero-order valence-corrected chi connectivity index (χ0v) is 15.1. The lowest BCUT2D eigenvalue weighted by Gasteiger charge is -2.39. The first-order valence-electron chi connectivity index (χ1n) is 8.77. The van der Waals surface area contributed by atoms with E-state index in [0.29, 0.717) is 17.9 Å². The Hall–Kier alpha value is -1.79. The minimum Gasteiger partial charge on any atom is -0.390 e. The van der Waals surface area contributed by atoms with E-state index in [4.69, 9.17) is 11.6 Å². The summed E-state index contributed by atoms with van der Waals surface area (Å²) < 4.78 is 0. The summed E-state index contributed by atoms with van der Waals surface area (Å²) >= 11 is 6.45. The lowest BCUT2D eigenvalue weighted by atomic mass is 9.89. The first-order chi connectivity index (χ1) is 11.9. The summed E-state index contributed by atoms with van der Waals surface area (Å²) in [4.78, 5) is 25.2. The summed E-state index contributed by atoms with van der Waals surface area (Å²) in [5.74, 6) is -0.528. The van der Waals surface area contributed by atoms with Gasteiger partial charge in [-0.2, -0.15) is 0 Å². The number of benzene rings is 1. The van der Waals surface area contributed by atoms with Crippen molar-refractivity contribution in [2.45, 2.75) is 50.7 Å². The molecule has 2 saturated heterocycles. The van der Waals surface area contributed by atoms with Crippen LogP contribution in [0.15, 0.2) is 18.2 Å². The number of hydrogen-bond donors (Lipinski definition) is 3. The summed E-state index contributed by atoms with van der Waals surface area (Å²) in [5, 5.41) is 16.4. The van der Waals surface area contributed by atoms with Gasteiger partial charge in [0.1, 0.15) is 6.04 Å². The van der Waals surface area contributed by atoms with Crippen LogP contribution in [0.3, 0.4) is 0 Å². The molecule has 7 heteroatoms. The monoisotopic (exact) mass is 365 g/mol. The van der Waals surface area contributed by atoms with Crippen LogP contribution in [0.4, 0.5) is 11.4 Å². The molecule has 2 amide bonds. The van der Waals surface area contributed by atoms with Crippen molar-refractivity contribution in [2.75, 3.05) is 23.3 Å². The molecule has 2 aliphatic rings. The number of rotatable bonds is 4. The minimum absolute atomic E-state index is 0.228. The second-order valence-corrected chi connectivity index (χ2v) is 7.29. The van der Waals surface area contributed by atoms with Gasteiger partial charge in [0.25, 0.3) is 0 Å². The maximum absolute atomic E-state index is 11.8. The SMILES string of the molecule is CCC1(O)CCN(c2ccc(NC3CCC(=O)NC3=O)cc2Cl)CC1. The smallest absolute Gasteiger partial charge is 0.249 e. The number of piperidine rings is 2. The molecular formula is C18H24ClN3O3. The van der Waals surface area contributed by atoms with Crippen molar-refractivity contribution in [3.63, 3.8) is 0 Å². The second-order valence-electron chi connectivity index (χ2n) is 6.88. The number of hydrogen-bond acceptors (Lipinski definition) is 5. The quantitative estimate of drug-likeness (QED) is 0.713. The maximum Gasteiger partial charge on any atom is 0.249 e. The van der Waals surface area contributed by atoms with E-state index in [9.17, 15) is 14.7 Å². The van der Waals surface area contributed by atoms with E-state index in [2.05, 4.69) is 15.5 Å². The highest BCUT2D eigenvalue weighted by Gasteiger charge is 2.31. The fourth-order valence-corrected chi connectivity index (χ4v) is 3.70. The Balaban J connectivity index is 1.65. The Morgan fingerprint density at radius 1 is 1.36 bits per heavy atom. The van der Waals surface area contributed by atoms with E-state index in [-0.39, 0.29) is 11.8 Å². The Bertz CT molecular complexity index is 672. The molecular weight excluding hydrogens is 342 g/mol. The van der Waals surface area contributed by atoms with Gasteiger partial charge >= 0.3 is 0 Å². The van der Waals surface area contributed by atoms with Crippen LogP contribution >= 0.6 is 11.6 Å². The maximum atomic E-state index is 11.8. The van der Waals surface area contributed by atoms with Crippen molar-refractivity contribution >= 4 is 34.8 Å². The highest BCUT2D eigenvalue weighted by atomic mass is 35.5. The number of carbonyl (C=O) groups is 2. The number of anilines is 2. The van der Waals surface area contributed by atoms with Crippen LogP contribution in [-0.4, -0.2) is 41.7 Å².